The molecule has 1 heterocycles. The maximum absolute atomic E-state index is 11.9. The van der Waals surface area contributed by atoms with Gasteiger partial charge in [-0.3, -0.25) is 9.78 Å². The van der Waals surface area contributed by atoms with Crippen molar-refractivity contribution in [1.29, 1.82) is 0 Å². The van der Waals surface area contributed by atoms with E-state index in [0.717, 1.165) is 18.5 Å². The summed E-state index contributed by atoms with van der Waals surface area (Å²) in [6.07, 6.45) is 7.84. The molecule has 0 spiro atoms. The Labute approximate surface area is 115 Å². The van der Waals surface area contributed by atoms with Crippen LogP contribution in [0.2, 0.25) is 0 Å². The molecule has 0 bridgehead atoms. The van der Waals surface area contributed by atoms with Gasteiger partial charge in [0.15, 0.2) is 0 Å². The maximum atomic E-state index is 11.9. The highest BCUT2D eigenvalue weighted by atomic mass is 16.1. The third kappa shape index (κ3) is 3.31. The van der Waals surface area contributed by atoms with Crippen LogP contribution in [0.3, 0.4) is 0 Å². The summed E-state index contributed by atoms with van der Waals surface area (Å²) in [5, 5.41) is 0. The molecule has 0 radical (unpaired) electrons. The fourth-order valence-electron chi connectivity index (χ4n) is 3.09. The Kier molecular flexibility index (Phi) is 4.52. The number of nitrogens with zero attached hydrogens (tertiary/aromatic N) is 1. The van der Waals surface area contributed by atoms with Crippen molar-refractivity contribution >= 4 is 11.9 Å². The van der Waals surface area contributed by atoms with Gasteiger partial charge < -0.3 is 0 Å². The van der Waals surface area contributed by atoms with Crippen molar-refractivity contribution in [3.8, 4) is 0 Å². The lowest BCUT2D eigenvalue weighted by Gasteiger charge is -2.36. The molecule has 0 amide bonds. The van der Waals surface area contributed by atoms with Crippen LogP contribution in [0.5, 0.6) is 0 Å². The quantitative estimate of drug-likeness (QED) is 0.819. The van der Waals surface area contributed by atoms with E-state index in [-0.39, 0.29) is 5.92 Å². The van der Waals surface area contributed by atoms with Crippen molar-refractivity contribution in [2.24, 2.45) is 23.7 Å². The van der Waals surface area contributed by atoms with E-state index < -0.39 is 0 Å². The molecule has 1 aromatic rings. The molecule has 19 heavy (non-hydrogen) atoms. The van der Waals surface area contributed by atoms with Gasteiger partial charge in [0.2, 0.25) is 0 Å². The number of hydrogen-bond donors (Lipinski definition) is 0. The summed E-state index contributed by atoms with van der Waals surface area (Å²) in [5.41, 5.74) is 0.968. The number of pyridine rings is 1. The smallest absolute Gasteiger partial charge is 0.136 e. The Morgan fingerprint density at radius 1 is 1.37 bits per heavy atom. The molecule has 1 aromatic heterocycles. The van der Waals surface area contributed by atoms with Gasteiger partial charge in [-0.25, -0.2) is 0 Å². The second-order valence-electron chi connectivity index (χ2n) is 5.89. The number of carbonyl (C=O) groups excluding carboxylic acids is 1. The van der Waals surface area contributed by atoms with E-state index in [1.54, 1.807) is 6.20 Å². The Hall–Kier alpha value is -1.44. The van der Waals surface area contributed by atoms with Crippen LogP contribution in [0.4, 0.5) is 0 Å². The minimum Gasteiger partial charge on any atom is -0.299 e. The normalized spacial score (nSPS) is 28.2. The minimum atomic E-state index is 0.140. The van der Waals surface area contributed by atoms with Crippen molar-refractivity contribution in [3.05, 3.63) is 36.2 Å². The summed E-state index contributed by atoms with van der Waals surface area (Å²) in [5.74, 6) is 2.12. The molecule has 2 heteroatoms. The summed E-state index contributed by atoms with van der Waals surface area (Å²) in [7, 11) is 0. The van der Waals surface area contributed by atoms with Gasteiger partial charge in [-0.1, -0.05) is 32.9 Å². The predicted octanol–water partition coefficient (Wildman–Crippen LogP) is 3.98. The predicted molar refractivity (Wildman–Crippen MR) is 78.5 cm³/mol. The van der Waals surface area contributed by atoms with E-state index in [1.165, 1.54) is 0 Å². The average Bonchev–Trinajstić information content (AvgIpc) is 2.41. The molecule has 2 nitrogen and oxygen atoms in total. The van der Waals surface area contributed by atoms with Gasteiger partial charge in [-0.05, 0) is 42.4 Å². The molecule has 0 aromatic carbocycles. The molecular weight excluding hydrogens is 234 g/mol. The SMILES string of the molecule is CC(C)[C@@H]1CCC(=O)[C@@H](C)[C@@H]1/C=C/c1ccccn1. The number of Topliss-reactive ketones (excluding diaryl/α,β-unsaturated/α-hetero) is 1. The molecule has 0 aliphatic heterocycles. The highest BCUT2D eigenvalue weighted by Crippen LogP contribution is 2.38. The van der Waals surface area contributed by atoms with Crippen LogP contribution < -0.4 is 0 Å². The highest BCUT2D eigenvalue weighted by Gasteiger charge is 2.35. The van der Waals surface area contributed by atoms with E-state index in [2.05, 4.69) is 37.9 Å². The van der Waals surface area contributed by atoms with Gasteiger partial charge in [-0.15, -0.1) is 0 Å². The summed E-state index contributed by atoms with van der Waals surface area (Å²) in [6, 6.07) is 5.90. The van der Waals surface area contributed by atoms with Crippen molar-refractivity contribution in [2.45, 2.75) is 33.6 Å². The molecule has 1 saturated carbocycles. The zero-order chi connectivity index (χ0) is 13.8. The number of ketones is 1. The van der Waals surface area contributed by atoms with Gasteiger partial charge in [0.1, 0.15) is 5.78 Å². The largest absolute Gasteiger partial charge is 0.299 e. The molecular formula is C17H23NO. The molecule has 3 atom stereocenters. The van der Waals surface area contributed by atoms with Crippen LogP contribution in [0.15, 0.2) is 30.5 Å². The maximum Gasteiger partial charge on any atom is 0.136 e. The second kappa shape index (κ2) is 6.14. The van der Waals surface area contributed by atoms with Crippen LogP contribution >= 0.6 is 0 Å². The number of rotatable bonds is 3. The zero-order valence-corrected chi connectivity index (χ0v) is 12.0. The molecule has 2 rings (SSSR count). The average molecular weight is 257 g/mol. The van der Waals surface area contributed by atoms with Gasteiger partial charge in [0.25, 0.3) is 0 Å². The van der Waals surface area contributed by atoms with Crippen LogP contribution in [0, 0.1) is 23.7 Å². The standard InChI is InChI=1S/C17H23NO/c1-12(2)15-9-10-17(19)13(3)16(15)8-7-14-6-4-5-11-18-14/h4-8,11-13,15-16H,9-10H2,1-3H3/b8-7+/t13-,15-,16-/m0/s1. The fraction of sp³-hybridized carbons (Fsp3) is 0.529. The Bertz CT molecular complexity index is 450. The first-order chi connectivity index (χ1) is 9.09. The highest BCUT2D eigenvalue weighted by molar-refractivity contribution is 5.82. The first kappa shape index (κ1) is 14.0. The number of carbonyl (C=O) groups is 1. The fourth-order valence-corrected chi connectivity index (χ4v) is 3.09. The second-order valence-corrected chi connectivity index (χ2v) is 5.89. The number of hydrogen-bond acceptors (Lipinski definition) is 2. The van der Waals surface area contributed by atoms with E-state index in [4.69, 9.17) is 0 Å². The first-order valence-corrected chi connectivity index (χ1v) is 7.21. The van der Waals surface area contributed by atoms with Crippen LogP contribution in [0.25, 0.3) is 6.08 Å². The van der Waals surface area contributed by atoms with E-state index in [0.29, 0.717) is 23.5 Å². The molecule has 1 aliphatic carbocycles. The lowest BCUT2D eigenvalue weighted by molar-refractivity contribution is -0.127. The van der Waals surface area contributed by atoms with Crippen molar-refractivity contribution < 1.29 is 4.79 Å². The Morgan fingerprint density at radius 3 is 2.79 bits per heavy atom. The zero-order valence-electron chi connectivity index (χ0n) is 12.0. The summed E-state index contributed by atoms with van der Waals surface area (Å²) in [4.78, 5) is 16.2. The van der Waals surface area contributed by atoms with E-state index in [1.807, 2.05) is 18.2 Å². The van der Waals surface area contributed by atoms with Gasteiger partial charge in [0, 0.05) is 18.5 Å². The van der Waals surface area contributed by atoms with Crippen LogP contribution in [0.1, 0.15) is 39.3 Å². The molecule has 0 N–H and O–H groups in total. The molecule has 1 fully saturated rings. The molecule has 102 valence electrons. The third-order valence-corrected chi connectivity index (χ3v) is 4.34. The van der Waals surface area contributed by atoms with Gasteiger partial charge >= 0.3 is 0 Å². The van der Waals surface area contributed by atoms with Crippen molar-refractivity contribution in [1.82, 2.24) is 4.98 Å². The number of aromatic nitrogens is 1. The Morgan fingerprint density at radius 2 is 2.16 bits per heavy atom. The number of allylic oxidation sites excluding steroid dienone is 1. The third-order valence-electron chi connectivity index (χ3n) is 4.34. The topological polar surface area (TPSA) is 30.0 Å². The van der Waals surface area contributed by atoms with Gasteiger partial charge in [0.05, 0.1) is 5.69 Å². The Balaban J connectivity index is 2.18. The molecule has 1 aliphatic rings. The first-order valence-electron chi connectivity index (χ1n) is 7.21. The summed E-state index contributed by atoms with van der Waals surface area (Å²) in [6.45, 7) is 6.59. The van der Waals surface area contributed by atoms with Crippen molar-refractivity contribution in [2.75, 3.05) is 0 Å². The summed E-state index contributed by atoms with van der Waals surface area (Å²) < 4.78 is 0. The molecule has 0 unspecified atom stereocenters. The lowest BCUT2D eigenvalue weighted by Crippen LogP contribution is -2.34. The molecule has 0 saturated heterocycles. The van der Waals surface area contributed by atoms with Crippen LogP contribution in [-0.4, -0.2) is 10.8 Å². The van der Waals surface area contributed by atoms with Gasteiger partial charge in [-0.2, -0.15) is 0 Å². The monoisotopic (exact) mass is 257 g/mol. The minimum absolute atomic E-state index is 0.140. The lowest BCUT2D eigenvalue weighted by atomic mass is 9.68. The van der Waals surface area contributed by atoms with E-state index >= 15 is 0 Å². The van der Waals surface area contributed by atoms with Crippen LogP contribution in [-0.2, 0) is 4.79 Å². The van der Waals surface area contributed by atoms with E-state index in [9.17, 15) is 4.79 Å². The summed E-state index contributed by atoms with van der Waals surface area (Å²) >= 11 is 0. The van der Waals surface area contributed by atoms with Crippen molar-refractivity contribution in [3.63, 3.8) is 0 Å².